The number of allylic oxidation sites excluding steroid dienone is 2. The van der Waals surface area contributed by atoms with Gasteiger partial charge in [0.2, 0.25) is 0 Å². The summed E-state index contributed by atoms with van der Waals surface area (Å²) in [6, 6.07) is 7.15. The molecule has 3 aliphatic carbocycles. The van der Waals surface area contributed by atoms with Crippen molar-refractivity contribution in [1.29, 1.82) is 0 Å². The summed E-state index contributed by atoms with van der Waals surface area (Å²) in [4.78, 5) is 25.1. The van der Waals surface area contributed by atoms with Gasteiger partial charge >= 0.3 is 0 Å². The van der Waals surface area contributed by atoms with Crippen LogP contribution in [0.15, 0.2) is 41.5 Å². The summed E-state index contributed by atoms with van der Waals surface area (Å²) in [5.41, 5.74) is 0.768. The van der Waals surface area contributed by atoms with E-state index in [1.165, 1.54) is 6.21 Å². The van der Waals surface area contributed by atoms with Crippen molar-refractivity contribution in [3.63, 3.8) is 0 Å². The van der Waals surface area contributed by atoms with E-state index in [0.29, 0.717) is 5.02 Å². The van der Waals surface area contributed by atoms with Gasteiger partial charge in [-0.05, 0) is 42.4 Å². The molecule has 1 saturated heterocycles. The minimum atomic E-state index is -0.215. The van der Waals surface area contributed by atoms with Crippen molar-refractivity contribution in [2.75, 3.05) is 0 Å². The Balaban J connectivity index is 1.61. The lowest BCUT2D eigenvalue weighted by Gasteiger charge is -2.37. The van der Waals surface area contributed by atoms with E-state index < -0.39 is 0 Å². The van der Waals surface area contributed by atoms with Gasteiger partial charge in [-0.3, -0.25) is 9.59 Å². The Morgan fingerprint density at radius 1 is 1.09 bits per heavy atom. The van der Waals surface area contributed by atoms with Crippen LogP contribution in [0.3, 0.4) is 0 Å². The lowest BCUT2D eigenvalue weighted by molar-refractivity contribution is -0.140. The van der Waals surface area contributed by atoms with E-state index in [4.69, 9.17) is 11.6 Å². The van der Waals surface area contributed by atoms with Crippen LogP contribution < -0.4 is 0 Å². The summed E-state index contributed by atoms with van der Waals surface area (Å²) >= 11 is 5.93. The number of hydrazone groups is 1. The fourth-order valence-corrected chi connectivity index (χ4v) is 4.08. The number of benzene rings is 1. The number of amides is 2. The second kappa shape index (κ2) is 5.06. The topological polar surface area (TPSA) is 49.7 Å². The number of halogens is 1. The zero-order valence-electron chi connectivity index (χ0n) is 11.9. The third kappa shape index (κ3) is 2.02. The summed E-state index contributed by atoms with van der Waals surface area (Å²) in [5.74, 6) is -0.365. The molecule has 1 saturated carbocycles. The maximum absolute atomic E-state index is 12.6. The lowest BCUT2D eigenvalue weighted by Crippen LogP contribution is -2.38. The van der Waals surface area contributed by atoms with E-state index in [0.717, 1.165) is 23.4 Å². The first-order chi connectivity index (χ1) is 10.6. The molecule has 5 rings (SSSR count). The summed E-state index contributed by atoms with van der Waals surface area (Å²) in [6.07, 6.45) is 7.71. The van der Waals surface area contributed by atoms with Crippen LogP contribution in [0.2, 0.25) is 5.02 Å². The molecule has 5 heteroatoms. The summed E-state index contributed by atoms with van der Waals surface area (Å²) in [6.45, 7) is 0. The van der Waals surface area contributed by atoms with E-state index >= 15 is 0 Å². The molecular weight excluding hydrogens is 300 g/mol. The van der Waals surface area contributed by atoms with Crippen molar-refractivity contribution in [3.05, 3.63) is 47.0 Å². The van der Waals surface area contributed by atoms with Crippen molar-refractivity contribution >= 4 is 29.6 Å². The Bertz CT molecular complexity index is 680. The number of carbonyl (C=O) groups excluding carboxylic acids is 2. The van der Waals surface area contributed by atoms with Gasteiger partial charge in [-0.25, -0.2) is 0 Å². The molecule has 0 aromatic heterocycles. The molecule has 112 valence electrons. The van der Waals surface area contributed by atoms with Gasteiger partial charge in [-0.15, -0.1) is 0 Å². The number of nitrogens with zero attached hydrogens (tertiary/aromatic N) is 2. The van der Waals surface area contributed by atoms with Crippen LogP contribution in [-0.4, -0.2) is 23.0 Å². The first kappa shape index (κ1) is 13.7. The van der Waals surface area contributed by atoms with Gasteiger partial charge in [0, 0.05) is 5.02 Å². The maximum atomic E-state index is 12.6. The van der Waals surface area contributed by atoms with Gasteiger partial charge in [0.15, 0.2) is 0 Å². The molecule has 1 aromatic rings. The maximum Gasteiger partial charge on any atom is 0.254 e. The van der Waals surface area contributed by atoms with Crippen molar-refractivity contribution in [3.8, 4) is 0 Å². The molecule has 4 aliphatic rings. The third-order valence-corrected chi connectivity index (χ3v) is 5.14. The van der Waals surface area contributed by atoms with E-state index in [1.54, 1.807) is 18.2 Å². The molecule has 0 N–H and O–H groups in total. The molecule has 1 aromatic carbocycles. The number of hydrogen-bond donors (Lipinski definition) is 0. The molecule has 4 nitrogen and oxygen atoms in total. The molecule has 1 aliphatic heterocycles. The van der Waals surface area contributed by atoms with Crippen LogP contribution in [0.1, 0.15) is 18.4 Å². The molecule has 2 fully saturated rings. The lowest BCUT2D eigenvalue weighted by atomic mass is 9.63. The second-order valence-corrected chi connectivity index (χ2v) is 6.57. The highest BCUT2D eigenvalue weighted by Crippen LogP contribution is 2.49. The van der Waals surface area contributed by atoms with Gasteiger partial charge in [0.25, 0.3) is 11.8 Å². The molecular formula is C17H15ClN2O2. The van der Waals surface area contributed by atoms with E-state index in [2.05, 4.69) is 17.3 Å². The number of fused-ring (bicyclic) bond motifs is 1. The standard InChI is InChI=1S/C17H15ClN2O2/c18-13-3-1-2-10(8-13)9-19-20-16(21)14-11-4-5-12(7-6-11)15(14)17(20)22/h1-5,8-9,11-12,14-15H,6-7H2/b19-9-/t11-,12-,14-,15-/m0/s1. The Labute approximate surface area is 133 Å². The molecule has 1 heterocycles. The van der Waals surface area contributed by atoms with Crippen LogP contribution in [0, 0.1) is 23.7 Å². The highest BCUT2D eigenvalue weighted by atomic mass is 35.5. The summed E-state index contributed by atoms with van der Waals surface area (Å²) in [7, 11) is 0. The molecule has 2 bridgehead atoms. The van der Waals surface area contributed by atoms with Crippen LogP contribution in [-0.2, 0) is 9.59 Å². The fraction of sp³-hybridized carbons (Fsp3) is 0.353. The minimum Gasteiger partial charge on any atom is -0.272 e. The number of hydrogen-bond acceptors (Lipinski definition) is 3. The normalized spacial score (nSPS) is 33.0. The third-order valence-electron chi connectivity index (χ3n) is 4.91. The largest absolute Gasteiger partial charge is 0.272 e. The average molecular weight is 315 g/mol. The second-order valence-electron chi connectivity index (χ2n) is 6.13. The van der Waals surface area contributed by atoms with Crippen LogP contribution >= 0.6 is 11.6 Å². The first-order valence-corrected chi connectivity index (χ1v) is 7.88. The SMILES string of the molecule is O=C1[C@@H]2[C@@H](C(=O)N1/N=C\c1cccc(Cl)c1)[C@H]1C=C[C@H]2CC1. The van der Waals surface area contributed by atoms with E-state index in [-0.39, 0.29) is 35.5 Å². The molecule has 2 amide bonds. The molecule has 0 unspecified atom stereocenters. The average Bonchev–Trinajstić information content (AvgIpc) is 2.80. The molecule has 22 heavy (non-hydrogen) atoms. The van der Waals surface area contributed by atoms with Crippen molar-refractivity contribution in [2.24, 2.45) is 28.8 Å². The van der Waals surface area contributed by atoms with Crippen molar-refractivity contribution < 1.29 is 9.59 Å². The van der Waals surface area contributed by atoms with E-state index in [9.17, 15) is 9.59 Å². The highest BCUT2D eigenvalue weighted by Gasteiger charge is 2.56. The van der Waals surface area contributed by atoms with Gasteiger partial charge < -0.3 is 0 Å². The van der Waals surface area contributed by atoms with Crippen molar-refractivity contribution in [2.45, 2.75) is 12.8 Å². The zero-order chi connectivity index (χ0) is 15.3. The number of carbonyl (C=O) groups is 2. The number of rotatable bonds is 2. The van der Waals surface area contributed by atoms with Crippen molar-refractivity contribution in [1.82, 2.24) is 5.01 Å². The Hall–Kier alpha value is -1.94. The summed E-state index contributed by atoms with van der Waals surface area (Å²) in [5, 5.41) is 5.80. The minimum absolute atomic E-state index is 0.160. The molecule has 0 spiro atoms. The molecule has 4 atom stereocenters. The monoisotopic (exact) mass is 314 g/mol. The van der Waals surface area contributed by atoms with Gasteiger partial charge in [0.1, 0.15) is 0 Å². The smallest absolute Gasteiger partial charge is 0.254 e. The predicted octanol–water partition coefficient (Wildman–Crippen LogP) is 2.87. The van der Waals surface area contributed by atoms with Gasteiger partial charge in [-0.1, -0.05) is 35.9 Å². The van der Waals surface area contributed by atoms with Gasteiger partial charge in [-0.2, -0.15) is 10.1 Å². The number of imide groups is 1. The van der Waals surface area contributed by atoms with Crippen LogP contribution in [0.25, 0.3) is 0 Å². The highest BCUT2D eigenvalue weighted by molar-refractivity contribution is 6.30. The predicted molar refractivity (Wildman–Crippen MR) is 83.2 cm³/mol. The van der Waals surface area contributed by atoms with Crippen LogP contribution in [0.4, 0.5) is 0 Å². The summed E-state index contributed by atoms with van der Waals surface area (Å²) < 4.78 is 0. The zero-order valence-corrected chi connectivity index (χ0v) is 12.6. The Kier molecular flexibility index (Phi) is 3.15. The first-order valence-electron chi connectivity index (χ1n) is 7.51. The Morgan fingerprint density at radius 3 is 2.27 bits per heavy atom. The van der Waals surface area contributed by atoms with Gasteiger partial charge in [0.05, 0.1) is 18.1 Å². The van der Waals surface area contributed by atoms with Crippen LogP contribution in [0.5, 0.6) is 0 Å². The quantitative estimate of drug-likeness (QED) is 0.479. The molecule has 0 radical (unpaired) electrons. The van der Waals surface area contributed by atoms with E-state index in [1.807, 2.05) is 6.07 Å². The Morgan fingerprint density at radius 2 is 1.73 bits per heavy atom. The fourth-order valence-electron chi connectivity index (χ4n) is 3.88.